The van der Waals surface area contributed by atoms with Crippen molar-refractivity contribution in [2.75, 3.05) is 6.54 Å². The van der Waals surface area contributed by atoms with E-state index in [1.165, 1.54) is 6.92 Å². The minimum Gasteiger partial charge on any atom is -0.354 e. The van der Waals surface area contributed by atoms with E-state index in [9.17, 15) is 14.4 Å². The zero-order chi connectivity index (χ0) is 18.9. The standard InChI is InChI=1S/C21H24N2O3/c1-3-13-22-21(26)19(14-16-7-5-4-6-8-16)23-20(25)18-11-9-17(10-12-18)15(2)24/h4-12,19H,3,13-14H2,1-2H3,(H,22,26)(H,23,25)/t19-/m0/s1. The molecule has 0 saturated heterocycles. The van der Waals surface area contributed by atoms with Gasteiger partial charge in [0.15, 0.2) is 5.78 Å². The number of rotatable bonds is 8. The summed E-state index contributed by atoms with van der Waals surface area (Å²) in [5, 5.41) is 5.64. The second-order valence-corrected chi connectivity index (χ2v) is 6.14. The van der Waals surface area contributed by atoms with Crippen LogP contribution in [0.4, 0.5) is 0 Å². The molecular formula is C21H24N2O3. The van der Waals surface area contributed by atoms with Crippen LogP contribution in [-0.4, -0.2) is 30.2 Å². The lowest BCUT2D eigenvalue weighted by molar-refractivity contribution is -0.122. The molecular weight excluding hydrogens is 328 g/mol. The molecule has 2 aromatic rings. The van der Waals surface area contributed by atoms with Crippen LogP contribution in [0, 0.1) is 0 Å². The third-order valence-electron chi connectivity index (χ3n) is 4.01. The molecule has 0 unspecified atom stereocenters. The van der Waals surface area contributed by atoms with Gasteiger partial charge in [0.1, 0.15) is 6.04 Å². The normalized spacial score (nSPS) is 11.5. The first-order valence-electron chi connectivity index (χ1n) is 8.74. The highest BCUT2D eigenvalue weighted by molar-refractivity contribution is 5.99. The first kappa shape index (κ1) is 19.4. The van der Waals surface area contributed by atoms with Gasteiger partial charge in [0, 0.05) is 24.1 Å². The van der Waals surface area contributed by atoms with Crippen LogP contribution < -0.4 is 10.6 Å². The van der Waals surface area contributed by atoms with Gasteiger partial charge in [-0.2, -0.15) is 0 Å². The first-order valence-corrected chi connectivity index (χ1v) is 8.74. The van der Waals surface area contributed by atoms with Gasteiger partial charge in [0.05, 0.1) is 0 Å². The third kappa shape index (κ3) is 5.55. The SMILES string of the molecule is CCCNC(=O)[C@H](Cc1ccccc1)NC(=O)c1ccc(C(C)=O)cc1. The fraction of sp³-hybridized carbons (Fsp3) is 0.286. The van der Waals surface area contributed by atoms with Crippen molar-refractivity contribution < 1.29 is 14.4 Å². The number of carbonyl (C=O) groups is 3. The summed E-state index contributed by atoms with van der Waals surface area (Å²) in [6, 6.07) is 15.3. The number of hydrogen-bond acceptors (Lipinski definition) is 3. The van der Waals surface area contributed by atoms with E-state index in [0.29, 0.717) is 24.1 Å². The molecule has 0 saturated carbocycles. The summed E-state index contributed by atoms with van der Waals surface area (Å²) in [6.07, 6.45) is 1.23. The molecule has 2 amide bonds. The fourth-order valence-electron chi connectivity index (χ4n) is 2.53. The highest BCUT2D eigenvalue weighted by Crippen LogP contribution is 2.08. The number of hydrogen-bond donors (Lipinski definition) is 2. The Bertz CT molecular complexity index is 755. The zero-order valence-electron chi connectivity index (χ0n) is 15.1. The van der Waals surface area contributed by atoms with Crippen LogP contribution in [0.5, 0.6) is 0 Å². The van der Waals surface area contributed by atoms with E-state index in [4.69, 9.17) is 0 Å². The summed E-state index contributed by atoms with van der Waals surface area (Å²) >= 11 is 0. The van der Waals surface area contributed by atoms with Gasteiger partial charge >= 0.3 is 0 Å². The van der Waals surface area contributed by atoms with Gasteiger partial charge in [-0.1, -0.05) is 49.4 Å². The summed E-state index contributed by atoms with van der Waals surface area (Å²) in [6.45, 7) is 4.01. The van der Waals surface area contributed by atoms with E-state index < -0.39 is 6.04 Å². The number of Topliss-reactive ketones (excluding diaryl/α,β-unsaturated/α-hetero) is 1. The van der Waals surface area contributed by atoms with E-state index in [-0.39, 0.29) is 17.6 Å². The summed E-state index contributed by atoms with van der Waals surface area (Å²) in [4.78, 5) is 36.3. The summed E-state index contributed by atoms with van der Waals surface area (Å²) in [5.74, 6) is -0.602. The predicted molar refractivity (Wildman–Crippen MR) is 101 cm³/mol. The molecule has 0 fully saturated rings. The maximum atomic E-state index is 12.5. The molecule has 0 bridgehead atoms. The Labute approximate surface area is 153 Å². The average Bonchev–Trinajstić information content (AvgIpc) is 2.66. The summed E-state index contributed by atoms with van der Waals surface area (Å²) in [7, 11) is 0. The smallest absolute Gasteiger partial charge is 0.251 e. The van der Waals surface area contributed by atoms with E-state index in [0.717, 1.165) is 12.0 Å². The van der Waals surface area contributed by atoms with Gasteiger partial charge in [-0.25, -0.2) is 0 Å². The lowest BCUT2D eigenvalue weighted by Gasteiger charge is -2.18. The largest absolute Gasteiger partial charge is 0.354 e. The molecule has 5 heteroatoms. The summed E-state index contributed by atoms with van der Waals surface area (Å²) in [5.41, 5.74) is 1.93. The fourth-order valence-corrected chi connectivity index (χ4v) is 2.53. The Morgan fingerprint density at radius 2 is 1.54 bits per heavy atom. The molecule has 0 radical (unpaired) electrons. The quantitative estimate of drug-likeness (QED) is 0.717. The van der Waals surface area contributed by atoms with E-state index in [1.54, 1.807) is 24.3 Å². The second kappa shape index (κ2) is 9.51. The van der Waals surface area contributed by atoms with Crippen LogP contribution in [0.2, 0.25) is 0 Å². The molecule has 26 heavy (non-hydrogen) atoms. The number of ketones is 1. The van der Waals surface area contributed by atoms with Crippen LogP contribution in [0.1, 0.15) is 46.5 Å². The van der Waals surface area contributed by atoms with Gasteiger partial charge < -0.3 is 10.6 Å². The van der Waals surface area contributed by atoms with Crippen LogP contribution in [-0.2, 0) is 11.2 Å². The molecule has 136 valence electrons. The van der Waals surface area contributed by atoms with Crippen molar-refractivity contribution in [1.29, 1.82) is 0 Å². The molecule has 0 spiro atoms. The maximum Gasteiger partial charge on any atom is 0.251 e. The topological polar surface area (TPSA) is 75.3 Å². The van der Waals surface area contributed by atoms with Crippen LogP contribution in [0.3, 0.4) is 0 Å². The Morgan fingerprint density at radius 3 is 2.12 bits per heavy atom. The molecule has 0 aliphatic carbocycles. The second-order valence-electron chi connectivity index (χ2n) is 6.14. The van der Waals surface area contributed by atoms with E-state index in [1.807, 2.05) is 37.3 Å². The van der Waals surface area contributed by atoms with Crippen molar-refractivity contribution in [3.63, 3.8) is 0 Å². The first-order chi connectivity index (χ1) is 12.5. The van der Waals surface area contributed by atoms with Crippen molar-refractivity contribution in [3.8, 4) is 0 Å². The number of nitrogens with one attached hydrogen (secondary N) is 2. The minimum absolute atomic E-state index is 0.0575. The molecule has 0 heterocycles. The minimum atomic E-state index is -0.663. The Hall–Kier alpha value is -2.95. The van der Waals surface area contributed by atoms with Gasteiger partial charge in [0.2, 0.25) is 5.91 Å². The van der Waals surface area contributed by atoms with Crippen molar-refractivity contribution in [2.45, 2.75) is 32.7 Å². The number of amides is 2. The monoisotopic (exact) mass is 352 g/mol. The molecule has 2 rings (SSSR count). The van der Waals surface area contributed by atoms with Crippen molar-refractivity contribution in [3.05, 3.63) is 71.3 Å². The van der Waals surface area contributed by atoms with Gasteiger partial charge in [-0.15, -0.1) is 0 Å². The van der Waals surface area contributed by atoms with Crippen molar-refractivity contribution >= 4 is 17.6 Å². The van der Waals surface area contributed by atoms with Gasteiger partial charge in [-0.3, -0.25) is 14.4 Å². The number of benzene rings is 2. The van der Waals surface area contributed by atoms with Crippen LogP contribution >= 0.6 is 0 Å². The molecule has 2 aromatic carbocycles. The third-order valence-corrected chi connectivity index (χ3v) is 4.01. The van der Waals surface area contributed by atoms with Crippen molar-refractivity contribution in [2.24, 2.45) is 0 Å². The maximum absolute atomic E-state index is 12.5. The Morgan fingerprint density at radius 1 is 0.923 bits per heavy atom. The molecule has 0 aliphatic rings. The lowest BCUT2D eigenvalue weighted by Crippen LogP contribution is -2.48. The van der Waals surface area contributed by atoms with Crippen LogP contribution in [0.15, 0.2) is 54.6 Å². The molecule has 2 N–H and O–H groups in total. The Balaban J connectivity index is 2.12. The average molecular weight is 352 g/mol. The molecule has 0 aromatic heterocycles. The van der Waals surface area contributed by atoms with Crippen LogP contribution in [0.25, 0.3) is 0 Å². The lowest BCUT2D eigenvalue weighted by atomic mass is 10.0. The molecule has 1 atom stereocenters. The van der Waals surface area contributed by atoms with E-state index >= 15 is 0 Å². The zero-order valence-corrected chi connectivity index (χ0v) is 15.1. The molecule has 0 aliphatic heterocycles. The highest BCUT2D eigenvalue weighted by Gasteiger charge is 2.21. The van der Waals surface area contributed by atoms with Gasteiger partial charge in [0.25, 0.3) is 5.91 Å². The predicted octanol–water partition coefficient (Wildman–Crippen LogP) is 2.76. The van der Waals surface area contributed by atoms with Crippen molar-refractivity contribution in [1.82, 2.24) is 10.6 Å². The highest BCUT2D eigenvalue weighted by atomic mass is 16.2. The van der Waals surface area contributed by atoms with E-state index in [2.05, 4.69) is 10.6 Å². The van der Waals surface area contributed by atoms with Gasteiger partial charge in [-0.05, 0) is 31.0 Å². The Kier molecular flexibility index (Phi) is 7.09. The molecule has 5 nitrogen and oxygen atoms in total. The number of carbonyl (C=O) groups excluding carboxylic acids is 3. The summed E-state index contributed by atoms with van der Waals surface area (Å²) < 4.78 is 0.